The molecule has 0 aliphatic rings. The van der Waals surface area contributed by atoms with Crippen LogP contribution in [0.25, 0.3) is 6.08 Å². The normalized spacial score (nSPS) is 9.00. The van der Waals surface area contributed by atoms with Crippen molar-refractivity contribution in [2.75, 3.05) is 0 Å². The lowest BCUT2D eigenvalue weighted by Crippen LogP contribution is -1.72. The first kappa shape index (κ1) is 6.09. The molecule has 0 saturated heterocycles. The second-order valence-electron chi connectivity index (χ2n) is 2.03. The standard InChI is InChI=1S/C9H9/c1-3-9-6-4-5-8(2)7-9/h3-5,7H,1H2,2H3. The van der Waals surface area contributed by atoms with Gasteiger partial charge in [0.2, 0.25) is 0 Å². The van der Waals surface area contributed by atoms with Gasteiger partial charge >= 0.3 is 0 Å². The Kier molecular flexibility index (Phi) is 1.69. The molecule has 0 amide bonds. The largest absolute Gasteiger partial charge is 0.0984 e. The molecular weight excluding hydrogens is 108 g/mol. The van der Waals surface area contributed by atoms with E-state index < -0.39 is 0 Å². The average molecular weight is 117 g/mol. The molecule has 9 heavy (non-hydrogen) atoms. The average Bonchev–Trinajstić information content (AvgIpc) is 1.88. The van der Waals surface area contributed by atoms with Crippen LogP contribution in [-0.2, 0) is 0 Å². The molecule has 0 bridgehead atoms. The van der Waals surface area contributed by atoms with E-state index in [0.29, 0.717) is 0 Å². The number of benzene rings is 1. The lowest BCUT2D eigenvalue weighted by Gasteiger charge is -1.91. The minimum absolute atomic E-state index is 1.06. The highest BCUT2D eigenvalue weighted by molar-refractivity contribution is 5.46. The molecule has 0 heterocycles. The summed E-state index contributed by atoms with van der Waals surface area (Å²) in [5.41, 5.74) is 2.32. The van der Waals surface area contributed by atoms with Crippen molar-refractivity contribution in [1.29, 1.82) is 0 Å². The summed E-state index contributed by atoms with van der Waals surface area (Å²) in [7, 11) is 0. The van der Waals surface area contributed by atoms with Crippen molar-refractivity contribution >= 4 is 6.08 Å². The van der Waals surface area contributed by atoms with E-state index in [1.165, 1.54) is 5.56 Å². The maximum absolute atomic E-state index is 3.64. The van der Waals surface area contributed by atoms with Crippen molar-refractivity contribution < 1.29 is 0 Å². The van der Waals surface area contributed by atoms with Gasteiger partial charge in [0.1, 0.15) is 0 Å². The van der Waals surface area contributed by atoms with Gasteiger partial charge in [-0.3, -0.25) is 0 Å². The van der Waals surface area contributed by atoms with Gasteiger partial charge in [-0.05, 0) is 18.6 Å². The van der Waals surface area contributed by atoms with E-state index >= 15 is 0 Å². The van der Waals surface area contributed by atoms with Crippen LogP contribution in [0.3, 0.4) is 0 Å². The summed E-state index contributed by atoms with van der Waals surface area (Å²) in [5.74, 6) is 0. The lowest BCUT2D eigenvalue weighted by molar-refractivity contribution is 1.45. The van der Waals surface area contributed by atoms with Crippen molar-refractivity contribution in [1.82, 2.24) is 0 Å². The third kappa shape index (κ3) is 1.43. The van der Waals surface area contributed by atoms with Crippen LogP contribution < -0.4 is 0 Å². The fraction of sp³-hybridized carbons (Fsp3) is 0.111. The summed E-state index contributed by atoms with van der Waals surface area (Å²) in [6, 6.07) is 9.02. The highest BCUT2D eigenvalue weighted by atomic mass is 13.9. The van der Waals surface area contributed by atoms with Gasteiger partial charge in [-0.25, -0.2) is 0 Å². The van der Waals surface area contributed by atoms with Crippen molar-refractivity contribution in [3.8, 4) is 0 Å². The molecule has 0 aliphatic heterocycles. The molecule has 0 spiro atoms. The van der Waals surface area contributed by atoms with Crippen LogP contribution in [0.4, 0.5) is 0 Å². The molecule has 0 fully saturated rings. The molecule has 0 aliphatic carbocycles. The minimum atomic E-state index is 1.06. The van der Waals surface area contributed by atoms with Crippen molar-refractivity contribution in [2.45, 2.75) is 6.92 Å². The zero-order valence-electron chi connectivity index (χ0n) is 5.52. The quantitative estimate of drug-likeness (QED) is 0.530. The Morgan fingerprint density at radius 1 is 1.67 bits per heavy atom. The Hall–Kier alpha value is -1.04. The van der Waals surface area contributed by atoms with E-state index in [1.54, 1.807) is 6.08 Å². The van der Waals surface area contributed by atoms with Gasteiger partial charge in [0.15, 0.2) is 0 Å². The fourth-order valence-electron chi connectivity index (χ4n) is 0.722. The first-order valence-corrected chi connectivity index (χ1v) is 2.93. The smallest absolute Gasteiger partial charge is 0.0105 e. The maximum Gasteiger partial charge on any atom is -0.0105 e. The summed E-state index contributed by atoms with van der Waals surface area (Å²) >= 11 is 0. The second kappa shape index (κ2) is 2.49. The van der Waals surface area contributed by atoms with Crippen LogP contribution in [0.2, 0.25) is 0 Å². The van der Waals surface area contributed by atoms with Gasteiger partial charge in [0, 0.05) is 0 Å². The maximum atomic E-state index is 3.64. The number of hydrogen-bond donors (Lipinski definition) is 0. The molecule has 1 radical (unpaired) electrons. The number of rotatable bonds is 1. The summed E-state index contributed by atoms with van der Waals surface area (Å²) in [5, 5.41) is 0. The van der Waals surface area contributed by atoms with Gasteiger partial charge in [-0.1, -0.05) is 36.4 Å². The Labute approximate surface area is 55.8 Å². The predicted octanol–water partition coefficient (Wildman–Crippen LogP) is 2.44. The fourth-order valence-corrected chi connectivity index (χ4v) is 0.722. The monoisotopic (exact) mass is 117 g/mol. The Morgan fingerprint density at radius 3 is 2.89 bits per heavy atom. The van der Waals surface area contributed by atoms with Crippen LogP contribution in [0.15, 0.2) is 24.8 Å². The van der Waals surface area contributed by atoms with E-state index in [9.17, 15) is 0 Å². The van der Waals surface area contributed by atoms with Gasteiger partial charge in [0.25, 0.3) is 0 Å². The van der Waals surface area contributed by atoms with E-state index in [1.807, 2.05) is 18.2 Å². The minimum Gasteiger partial charge on any atom is -0.0984 e. The van der Waals surface area contributed by atoms with Crippen molar-refractivity contribution in [2.24, 2.45) is 0 Å². The van der Waals surface area contributed by atoms with Gasteiger partial charge in [-0.2, -0.15) is 0 Å². The predicted molar refractivity (Wildman–Crippen MR) is 40.1 cm³/mol. The summed E-state index contributed by atoms with van der Waals surface area (Å²) in [6.45, 7) is 5.70. The van der Waals surface area contributed by atoms with E-state index in [0.717, 1.165) is 5.56 Å². The third-order valence-electron chi connectivity index (χ3n) is 1.20. The van der Waals surface area contributed by atoms with Crippen LogP contribution in [0, 0.1) is 13.0 Å². The summed E-state index contributed by atoms with van der Waals surface area (Å²) in [6.07, 6.45) is 1.80. The van der Waals surface area contributed by atoms with Crippen LogP contribution in [-0.4, -0.2) is 0 Å². The molecule has 1 rings (SSSR count). The van der Waals surface area contributed by atoms with Gasteiger partial charge < -0.3 is 0 Å². The first-order valence-electron chi connectivity index (χ1n) is 2.93. The van der Waals surface area contributed by atoms with Gasteiger partial charge in [0.05, 0.1) is 0 Å². The lowest BCUT2D eigenvalue weighted by atomic mass is 10.1. The van der Waals surface area contributed by atoms with E-state index in [4.69, 9.17) is 0 Å². The van der Waals surface area contributed by atoms with Gasteiger partial charge in [-0.15, -0.1) is 0 Å². The van der Waals surface area contributed by atoms with E-state index in [2.05, 4.69) is 19.6 Å². The highest BCUT2D eigenvalue weighted by Crippen LogP contribution is 2.02. The zero-order valence-corrected chi connectivity index (χ0v) is 5.52. The molecule has 0 aromatic heterocycles. The molecular formula is C9H9. The molecule has 1 aromatic carbocycles. The van der Waals surface area contributed by atoms with Crippen molar-refractivity contribution in [3.05, 3.63) is 42.0 Å². The molecule has 0 heteroatoms. The molecule has 0 nitrogen and oxygen atoms in total. The van der Waals surface area contributed by atoms with Crippen molar-refractivity contribution in [3.63, 3.8) is 0 Å². The molecule has 0 atom stereocenters. The summed E-state index contributed by atoms with van der Waals surface area (Å²) < 4.78 is 0. The van der Waals surface area contributed by atoms with Crippen LogP contribution in [0.5, 0.6) is 0 Å². The topological polar surface area (TPSA) is 0 Å². The Bertz CT molecular complexity index is 211. The molecule has 0 saturated carbocycles. The molecule has 45 valence electrons. The Balaban J connectivity index is 3.07. The van der Waals surface area contributed by atoms with Crippen LogP contribution in [0.1, 0.15) is 11.1 Å². The first-order chi connectivity index (χ1) is 4.33. The number of hydrogen-bond acceptors (Lipinski definition) is 0. The SMILES string of the molecule is C=Cc1[c]ccc(C)c1. The Morgan fingerprint density at radius 2 is 2.44 bits per heavy atom. The third-order valence-corrected chi connectivity index (χ3v) is 1.20. The zero-order chi connectivity index (χ0) is 6.69. The molecule has 0 unspecified atom stereocenters. The van der Waals surface area contributed by atoms with Crippen LogP contribution >= 0.6 is 0 Å². The molecule has 1 aromatic rings. The number of aryl methyl sites for hydroxylation is 1. The van der Waals surface area contributed by atoms with E-state index in [-0.39, 0.29) is 0 Å². The highest BCUT2D eigenvalue weighted by Gasteiger charge is 1.83. The molecule has 0 N–H and O–H groups in total. The second-order valence-corrected chi connectivity index (χ2v) is 2.03. The summed E-state index contributed by atoms with van der Waals surface area (Å²) in [4.78, 5) is 0.